The second-order valence-corrected chi connectivity index (χ2v) is 22.5. The van der Waals surface area contributed by atoms with Gasteiger partial charge >= 0.3 is 12.1 Å². The highest BCUT2D eigenvalue weighted by Crippen LogP contribution is 2.43. The van der Waals surface area contributed by atoms with Crippen LogP contribution in [0.2, 0.25) is 0 Å². The molecule has 4 rings (SSSR count). The predicted molar refractivity (Wildman–Crippen MR) is 229 cm³/mol. The molecule has 0 aliphatic carbocycles. The van der Waals surface area contributed by atoms with Crippen molar-refractivity contribution in [1.82, 2.24) is 9.80 Å². The van der Waals surface area contributed by atoms with E-state index in [1.54, 1.807) is 0 Å². The number of nitrogens with zero attached hydrogens (tertiary/aromatic N) is 2. The number of rotatable bonds is 6. The number of hydrogen-bond acceptors (Lipinski definition) is 6. The third-order valence-corrected chi connectivity index (χ3v) is 11.0. The van der Waals surface area contributed by atoms with E-state index in [0.717, 1.165) is 33.4 Å². The molecule has 3 aromatic carbocycles. The molecule has 0 radical (unpaired) electrons. The summed E-state index contributed by atoms with van der Waals surface area (Å²) in [7, 11) is 0. The largest absolute Gasteiger partial charge is 0.507 e. The normalized spacial score (nSPS) is 17.8. The fourth-order valence-corrected chi connectivity index (χ4v) is 7.67. The summed E-state index contributed by atoms with van der Waals surface area (Å²) in [6.45, 7) is 36.3. The van der Waals surface area contributed by atoms with Crippen LogP contribution in [0.4, 0.5) is 9.59 Å². The topological polar surface area (TPSA) is 126 Å². The molecular formula is C48H72N3O6+. The molecule has 314 valence electrons. The molecule has 4 amide bonds. The van der Waals surface area contributed by atoms with Crippen molar-refractivity contribution in [2.45, 2.75) is 183 Å². The summed E-state index contributed by atoms with van der Waals surface area (Å²) in [6, 6.07) is 10.2. The minimum Gasteiger partial charge on any atom is -0.507 e. The van der Waals surface area contributed by atoms with Gasteiger partial charge in [-0.15, -0.1) is 0 Å². The Labute approximate surface area is 342 Å². The fraction of sp³-hybridized carbons (Fsp3) is 0.583. The number of aliphatic hydroxyl groups excluding tert-OH is 1. The van der Waals surface area contributed by atoms with Crippen molar-refractivity contribution in [3.8, 4) is 17.2 Å². The van der Waals surface area contributed by atoms with Crippen molar-refractivity contribution < 1.29 is 34.9 Å². The monoisotopic (exact) mass is 787 g/mol. The summed E-state index contributed by atoms with van der Waals surface area (Å²) in [5, 5.41) is 46.6. The highest BCUT2D eigenvalue weighted by Gasteiger charge is 2.49. The van der Waals surface area contributed by atoms with Crippen molar-refractivity contribution in [1.29, 1.82) is 0 Å². The lowest BCUT2D eigenvalue weighted by atomic mass is 9.78. The quantitative estimate of drug-likeness (QED) is 0.170. The first-order chi connectivity index (χ1) is 25.5. The van der Waals surface area contributed by atoms with E-state index < -0.39 is 50.9 Å². The van der Waals surface area contributed by atoms with Gasteiger partial charge in [-0.1, -0.05) is 125 Å². The molecule has 0 atom stereocenters. The van der Waals surface area contributed by atoms with Crippen LogP contribution in [0.3, 0.4) is 0 Å². The molecule has 5 N–H and O–H groups in total. The SMILES string of the molecule is CC(C)(C)c1cc(CN2C(=O)[NH+](Cc3cc(C(C)(C)C)c(O)c(C(C)(C)C)c3)C(=O)N(Cc3cc(C(C)(C)C)c(O)c(C(C)(C)C)c3)C2O)cc(C(C)(C)C)c1O. The molecule has 0 bridgehead atoms. The van der Waals surface area contributed by atoms with Crippen molar-refractivity contribution in [3.05, 3.63) is 86.5 Å². The summed E-state index contributed by atoms with van der Waals surface area (Å²) in [4.78, 5) is 32.2. The predicted octanol–water partition coefficient (Wildman–Crippen LogP) is 9.51. The molecule has 1 aliphatic rings. The molecule has 57 heavy (non-hydrogen) atoms. The number of phenols is 3. The number of carbonyl (C=O) groups excluding carboxylic acids is 2. The van der Waals surface area contributed by atoms with Crippen molar-refractivity contribution in [2.75, 3.05) is 0 Å². The summed E-state index contributed by atoms with van der Waals surface area (Å²) < 4.78 is 0. The van der Waals surface area contributed by atoms with Crippen molar-refractivity contribution >= 4 is 12.1 Å². The van der Waals surface area contributed by atoms with Crippen LogP contribution in [0, 0.1) is 0 Å². The van der Waals surface area contributed by atoms with Gasteiger partial charge in [0.2, 0.25) is 6.35 Å². The Morgan fingerprint density at radius 1 is 0.439 bits per heavy atom. The molecule has 9 heteroatoms. The van der Waals surface area contributed by atoms with Gasteiger partial charge in [0, 0.05) is 16.7 Å². The van der Waals surface area contributed by atoms with Gasteiger partial charge in [-0.3, -0.25) is 0 Å². The first-order valence-corrected chi connectivity index (χ1v) is 20.3. The number of urea groups is 2. The van der Waals surface area contributed by atoms with Crippen LogP contribution < -0.4 is 4.90 Å². The number of phenolic OH excluding ortho intramolecular Hbond substituents is 3. The van der Waals surface area contributed by atoms with Crippen LogP contribution >= 0.6 is 0 Å². The first kappa shape index (κ1) is 45.6. The molecule has 0 aromatic heterocycles. The Hall–Kier alpha value is -4.08. The maximum atomic E-state index is 14.8. The minimum atomic E-state index is -1.61. The van der Waals surface area contributed by atoms with E-state index in [4.69, 9.17) is 0 Å². The molecule has 1 saturated heterocycles. The van der Waals surface area contributed by atoms with Gasteiger partial charge in [0.1, 0.15) is 23.8 Å². The van der Waals surface area contributed by atoms with Gasteiger partial charge in [0.25, 0.3) is 0 Å². The zero-order valence-corrected chi connectivity index (χ0v) is 38.2. The Kier molecular flexibility index (Phi) is 12.0. The minimum absolute atomic E-state index is 0.00226. The third-order valence-electron chi connectivity index (χ3n) is 11.0. The highest BCUT2D eigenvalue weighted by atomic mass is 16.3. The summed E-state index contributed by atoms with van der Waals surface area (Å²) in [5.41, 5.74) is 3.93. The van der Waals surface area contributed by atoms with E-state index in [9.17, 15) is 30.0 Å². The van der Waals surface area contributed by atoms with Crippen molar-refractivity contribution in [2.24, 2.45) is 0 Å². The van der Waals surface area contributed by atoms with Gasteiger partial charge in [-0.05, 0) is 102 Å². The van der Waals surface area contributed by atoms with Crippen LogP contribution in [0.25, 0.3) is 0 Å². The summed E-state index contributed by atoms with van der Waals surface area (Å²) in [5.74, 6) is 0.625. The molecule has 3 aromatic rings. The van der Waals surface area contributed by atoms with Crippen LogP contribution in [-0.4, -0.2) is 48.6 Å². The smallest absolute Gasteiger partial charge is 0.430 e. The lowest BCUT2D eigenvalue weighted by molar-refractivity contribution is -0.759. The number of benzene rings is 3. The fourth-order valence-electron chi connectivity index (χ4n) is 7.67. The third kappa shape index (κ3) is 9.63. The lowest BCUT2D eigenvalue weighted by Gasteiger charge is -2.41. The zero-order chi connectivity index (χ0) is 43.8. The molecular weight excluding hydrogens is 715 g/mol. The number of nitrogens with one attached hydrogen (secondary N) is 1. The number of aliphatic hydroxyl groups is 1. The average molecular weight is 787 g/mol. The van der Waals surface area contributed by atoms with Crippen LogP contribution in [-0.2, 0) is 52.1 Å². The lowest BCUT2D eigenvalue weighted by Crippen LogP contribution is -3.20. The molecule has 0 unspecified atom stereocenters. The standard InChI is InChI=1S/C48H71N3O6/c1-43(2,3)31-19-28(20-32(37(31)52)44(4,5)6)25-49-40(55)50(26-29-21-33(45(7,8)9)38(53)34(22-29)46(10,11)12)42(57)51(41(49)56)27-30-23-35(47(13,14)15)39(54)36(24-30)48(16,17)18/h19-24,40,52-55H,25-27H2,1-18H3/p+1. The van der Waals surface area contributed by atoms with Gasteiger partial charge in [-0.2, -0.15) is 4.90 Å². The Balaban J connectivity index is 1.95. The number of aromatic hydroxyl groups is 3. The zero-order valence-electron chi connectivity index (χ0n) is 38.2. The van der Waals surface area contributed by atoms with Crippen molar-refractivity contribution in [3.63, 3.8) is 0 Å². The number of amides is 4. The van der Waals surface area contributed by atoms with Gasteiger partial charge in [0.15, 0.2) is 0 Å². The number of quaternary nitrogens is 1. The molecule has 0 spiro atoms. The van der Waals surface area contributed by atoms with Crippen LogP contribution in [0.5, 0.6) is 17.2 Å². The van der Waals surface area contributed by atoms with Crippen LogP contribution in [0.1, 0.15) is 175 Å². The molecule has 1 aliphatic heterocycles. The van der Waals surface area contributed by atoms with E-state index in [1.165, 1.54) is 9.80 Å². The van der Waals surface area contributed by atoms with E-state index >= 15 is 0 Å². The van der Waals surface area contributed by atoms with Gasteiger partial charge in [0.05, 0.1) is 13.1 Å². The molecule has 1 heterocycles. The summed E-state index contributed by atoms with van der Waals surface area (Å²) in [6.07, 6.45) is -1.61. The van der Waals surface area contributed by atoms with E-state index in [0.29, 0.717) is 16.7 Å². The maximum Gasteiger partial charge on any atom is 0.430 e. The molecule has 9 nitrogen and oxygen atoms in total. The number of hydrogen-bond donors (Lipinski definition) is 5. The Bertz CT molecular complexity index is 1810. The van der Waals surface area contributed by atoms with Gasteiger partial charge in [-0.25, -0.2) is 19.4 Å². The number of carbonyl (C=O) groups is 2. The summed E-state index contributed by atoms with van der Waals surface area (Å²) >= 11 is 0. The second kappa shape index (κ2) is 14.9. The Morgan fingerprint density at radius 2 is 0.649 bits per heavy atom. The second-order valence-electron chi connectivity index (χ2n) is 22.5. The van der Waals surface area contributed by atoms with E-state index in [-0.39, 0.29) is 41.8 Å². The van der Waals surface area contributed by atoms with Gasteiger partial charge < -0.3 is 20.4 Å². The first-order valence-electron chi connectivity index (χ1n) is 20.3. The van der Waals surface area contributed by atoms with E-state index in [1.807, 2.05) is 161 Å². The highest BCUT2D eigenvalue weighted by molar-refractivity contribution is 5.82. The maximum absolute atomic E-state index is 14.8. The van der Waals surface area contributed by atoms with Crippen LogP contribution in [0.15, 0.2) is 36.4 Å². The average Bonchev–Trinajstić information content (AvgIpc) is 3.02. The van der Waals surface area contributed by atoms with E-state index in [2.05, 4.69) is 0 Å². The molecule has 0 saturated carbocycles. The number of imide groups is 1. The Morgan fingerprint density at radius 3 is 0.860 bits per heavy atom. The molecule has 1 fully saturated rings.